The summed E-state index contributed by atoms with van der Waals surface area (Å²) in [6.07, 6.45) is -2.42. The number of rotatable bonds is 7. The zero-order valence-electron chi connectivity index (χ0n) is 21.0. The van der Waals surface area contributed by atoms with Gasteiger partial charge in [0.05, 0.1) is 63.5 Å². The Balaban J connectivity index is 1.52. The van der Waals surface area contributed by atoms with Crippen molar-refractivity contribution in [3.8, 4) is 17.1 Å². The van der Waals surface area contributed by atoms with Crippen molar-refractivity contribution in [2.75, 3.05) is 50.1 Å². The Morgan fingerprint density at radius 2 is 2.03 bits per heavy atom. The predicted molar refractivity (Wildman–Crippen MR) is 134 cm³/mol. The highest BCUT2D eigenvalue weighted by Gasteiger charge is 2.33. The summed E-state index contributed by atoms with van der Waals surface area (Å²) < 4.78 is 44.8. The van der Waals surface area contributed by atoms with Crippen LogP contribution < -0.4 is 20.7 Å². The fraction of sp³-hybridized carbons (Fsp3) is 0.417. The normalized spacial score (nSPS) is 16.4. The summed E-state index contributed by atoms with van der Waals surface area (Å²) in [5.74, 6) is -1.19. The van der Waals surface area contributed by atoms with Crippen LogP contribution >= 0.6 is 0 Å². The molecule has 1 saturated heterocycles. The number of aliphatic hydroxyl groups excluding tert-OH is 1. The van der Waals surface area contributed by atoms with Crippen molar-refractivity contribution in [3.05, 3.63) is 46.4 Å². The Morgan fingerprint density at radius 1 is 1.28 bits per heavy atom. The molecule has 0 unspecified atom stereocenters. The average Bonchev–Trinajstić information content (AvgIpc) is 3.24. The molecule has 12 nitrogen and oxygen atoms in total. The van der Waals surface area contributed by atoms with Gasteiger partial charge in [0.2, 0.25) is 5.95 Å². The number of hydroxylamine groups is 3. The molecule has 1 amide bonds. The van der Waals surface area contributed by atoms with Crippen molar-refractivity contribution in [3.63, 3.8) is 0 Å². The molecule has 2 aliphatic rings. The number of nitrogens with one attached hydrogen (secondary N) is 1. The second-order valence-corrected chi connectivity index (χ2v) is 9.64. The number of nitrogens with zero attached hydrogens (tertiary/aromatic N) is 6. The van der Waals surface area contributed by atoms with Gasteiger partial charge in [0.15, 0.2) is 11.4 Å². The van der Waals surface area contributed by atoms with Gasteiger partial charge in [-0.25, -0.2) is 9.97 Å². The Bertz CT molecular complexity index is 1400. The zero-order valence-corrected chi connectivity index (χ0v) is 21.0. The quantitative estimate of drug-likeness (QED) is 0.297. The van der Waals surface area contributed by atoms with Gasteiger partial charge in [-0.1, -0.05) is 0 Å². The van der Waals surface area contributed by atoms with Gasteiger partial charge in [-0.15, -0.1) is 13.2 Å². The lowest BCUT2D eigenvalue weighted by molar-refractivity contribution is -0.861. The third-order valence-corrected chi connectivity index (χ3v) is 6.82. The van der Waals surface area contributed by atoms with E-state index in [1.165, 1.54) is 22.9 Å². The molecule has 1 aliphatic carbocycles. The van der Waals surface area contributed by atoms with E-state index in [9.17, 15) is 28.3 Å². The summed E-state index contributed by atoms with van der Waals surface area (Å²) in [5.41, 5.74) is 8.44. The maximum atomic E-state index is 13.2. The van der Waals surface area contributed by atoms with E-state index in [4.69, 9.17) is 5.73 Å². The van der Waals surface area contributed by atoms with E-state index >= 15 is 0 Å². The van der Waals surface area contributed by atoms with E-state index in [0.717, 1.165) is 5.56 Å². The molecule has 0 radical (unpaired) electrons. The lowest BCUT2D eigenvalue weighted by atomic mass is 9.93. The van der Waals surface area contributed by atoms with Gasteiger partial charge in [-0.2, -0.15) is 5.10 Å². The number of hydrogen-bond donors (Lipinski definition) is 3. The molecule has 0 spiro atoms. The molecule has 2 aromatic heterocycles. The number of benzene rings is 1. The van der Waals surface area contributed by atoms with Crippen LogP contribution in [0, 0.1) is 5.21 Å². The topological polar surface area (TPSA) is 154 Å². The standard InChI is InChI=1S/C24H27F3N8O4/c1-35(38)9-6-33(7-10-35)15-3-5-18(39-24(25,26)27)17(12-15)30-23-29-13-14-2-4-16-20(22(28)37)32-34(8-11-36)21(16)19(14)31-23/h3,5,12-13,36H,2,4,6-11H2,1H3,(H2,28,37)(H,29,30,31). The van der Waals surface area contributed by atoms with Crippen LogP contribution in [0.1, 0.15) is 21.6 Å². The number of nitrogens with two attached hydrogens (primary N) is 1. The van der Waals surface area contributed by atoms with E-state index in [1.807, 2.05) is 4.90 Å². The molecule has 0 atom stereocenters. The molecule has 208 valence electrons. The van der Waals surface area contributed by atoms with E-state index in [2.05, 4.69) is 25.1 Å². The van der Waals surface area contributed by atoms with Crippen LogP contribution in [-0.4, -0.2) is 81.6 Å². The number of primary amides is 1. The number of halogens is 3. The predicted octanol–water partition coefficient (Wildman–Crippen LogP) is 1.94. The van der Waals surface area contributed by atoms with Crippen LogP contribution in [0.25, 0.3) is 11.4 Å². The molecule has 15 heteroatoms. The molecule has 3 heterocycles. The van der Waals surface area contributed by atoms with Crippen molar-refractivity contribution in [1.29, 1.82) is 0 Å². The lowest BCUT2D eigenvalue weighted by Gasteiger charge is -2.45. The van der Waals surface area contributed by atoms with Gasteiger partial charge < -0.3 is 35.6 Å². The van der Waals surface area contributed by atoms with Crippen molar-refractivity contribution < 1.29 is 32.5 Å². The average molecular weight is 549 g/mol. The molecule has 1 aliphatic heterocycles. The van der Waals surface area contributed by atoms with E-state index < -0.39 is 18.0 Å². The number of likely N-dealkylation sites (N-methyl/N-ethyl adjacent to an activating group) is 1. The number of ether oxygens (including phenoxy) is 1. The first-order valence-electron chi connectivity index (χ1n) is 12.3. The third kappa shape index (κ3) is 5.60. The number of carbonyl (C=O) groups excluding carboxylic acids is 1. The molecule has 0 saturated carbocycles. The van der Waals surface area contributed by atoms with Gasteiger partial charge in [0.1, 0.15) is 0 Å². The summed E-state index contributed by atoms with van der Waals surface area (Å²) in [5, 5.41) is 28.8. The van der Waals surface area contributed by atoms with Crippen molar-refractivity contribution in [1.82, 2.24) is 19.7 Å². The fourth-order valence-electron chi connectivity index (χ4n) is 4.86. The summed E-state index contributed by atoms with van der Waals surface area (Å²) in [6, 6.07) is 4.21. The second kappa shape index (κ2) is 9.98. The third-order valence-electron chi connectivity index (χ3n) is 6.82. The maximum Gasteiger partial charge on any atom is 0.573 e. The highest BCUT2D eigenvalue weighted by Crippen LogP contribution is 2.38. The van der Waals surface area contributed by atoms with Crippen LogP contribution in [0.2, 0.25) is 0 Å². The van der Waals surface area contributed by atoms with Crippen LogP contribution in [0.5, 0.6) is 5.75 Å². The Hall–Kier alpha value is -3.95. The van der Waals surface area contributed by atoms with Crippen LogP contribution in [0.4, 0.5) is 30.5 Å². The number of alkyl halides is 3. The number of aliphatic hydroxyl groups is 1. The molecule has 3 aromatic rings. The number of anilines is 3. The highest BCUT2D eigenvalue weighted by molar-refractivity contribution is 5.94. The summed E-state index contributed by atoms with van der Waals surface area (Å²) in [4.78, 5) is 22.7. The summed E-state index contributed by atoms with van der Waals surface area (Å²) >= 11 is 0. The molecule has 0 bridgehead atoms. The van der Waals surface area contributed by atoms with Crippen LogP contribution in [0.3, 0.4) is 0 Å². The summed E-state index contributed by atoms with van der Waals surface area (Å²) in [6.45, 7) is 1.40. The number of fused-ring (bicyclic) bond motifs is 3. The minimum absolute atomic E-state index is 0.00871. The SMILES string of the molecule is C[N+]1([O-])CCN(c2ccc(OC(F)(F)F)c(Nc3ncc4c(n3)-c3c(c(C(N)=O)nn3CCO)CC4)c2)CC1. The highest BCUT2D eigenvalue weighted by atomic mass is 19.4. The zero-order chi connectivity index (χ0) is 27.9. The molecular formula is C24H27F3N8O4. The first-order chi connectivity index (χ1) is 18.4. The number of carbonyl (C=O) groups is 1. The van der Waals surface area contributed by atoms with Crippen molar-refractivity contribution >= 4 is 23.2 Å². The number of hydrogen-bond acceptors (Lipinski definition) is 9. The van der Waals surface area contributed by atoms with E-state index in [-0.39, 0.29) is 35.1 Å². The van der Waals surface area contributed by atoms with E-state index in [1.54, 1.807) is 13.2 Å². The van der Waals surface area contributed by atoms with Crippen molar-refractivity contribution in [2.24, 2.45) is 5.73 Å². The van der Waals surface area contributed by atoms with Crippen LogP contribution in [0.15, 0.2) is 24.4 Å². The minimum Gasteiger partial charge on any atom is -0.633 e. The van der Waals surface area contributed by atoms with Crippen LogP contribution in [-0.2, 0) is 19.4 Å². The monoisotopic (exact) mass is 548 g/mol. The maximum absolute atomic E-state index is 13.2. The number of aromatic nitrogens is 4. The Kier molecular flexibility index (Phi) is 6.82. The molecule has 1 aromatic carbocycles. The van der Waals surface area contributed by atoms with Gasteiger partial charge in [-0.3, -0.25) is 9.48 Å². The molecule has 5 rings (SSSR count). The molecular weight excluding hydrogens is 521 g/mol. The van der Waals surface area contributed by atoms with Gasteiger partial charge in [-0.05, 0) is 36.6 Å². The van der Waals surface area contributed by atoms with Gasteiger partial charge >= 0.3 is 6.36 Å². The molecule has 1 fully saturated rings. The largest absolute Gasteiger partial charge is 0.633 e. The molecule has 4 N–H and O–H groups in total. The van der Waals surface area contributed by atoms with Gasteiger partial charge in [0, 0.05) is 17.4 Å². The second-order valence-electron chi connectivity index (χ2n) is 9.64. The summed E-state index contributed by atoms with van der Waals surface area (Å²) in [7, 11) is 1.59. The number of aryl methyl sites for hydroxylation is 1. The Morgan fingerprint density at radius 3 is 2.69 bits per heavy atom. The number of amides is 1. The van der Waals surface area contributed by atoms with Gasteiger partial charge in [0.25, 0.3) is 5.91 Å². The molecule has 39 heavy (non-hydrogen) atoms. The lowest BCUT2D eigenvalue weighted by Crippen LogP contribution is -2.53. The minimum atomic E-state index is -4.93. The van der Waals surface area contributed by atoms with E-state index in [0.29, 0.717) is 61.7 Å². The fourth-order valence-corrected chi connectivity index (χ4v) is 4.86. The Labute approximate surface area is 221 Å². The smallest absolute Gasteiger partial charge is 0.573 e. The van der Waals surface area contributed by atoms with Crippen molar-refractivity contribution in [2.45, 2.75) is 25.7 Å². The first-order valence-corrected chi connectivity index (χ1v) is 12.3. The first kappa shape index (κ1) is 26.6. The number of piperazine rings is 1. The number of quaternary nitrogens is 1.